The molecule has 0 unspecified atom stereocenters. The molecule has 22 heavy (non-hydrogen) atoms. The fourth-order valence-corrected chi connectivity index (χ4v) is 2.07. The molecule has 1 aromatic heterocycles. The molecule has 0 N–H and O–H groups in total. The minimum atomic E-state index is -3.26. The molecule has 1 aliphatic carbocycles. The van der Waals surface area contributed by atoms with Gasteiger partial charge in [0, 0.05) is 19.4 Å². The van der Waals surface area contributed by atoms with Gasteiger partial charge >= 0.3 is 6.47 Å². The maximum absolute atomic E-state index is 13.6. The molecule has 0 amide bonds. The first kappa shape index (κ1) is 18.4. The third-order valence-electron chi connectivity index (χ3n) is 2.85. The first-order valence-corrected chi connectivity index (χ1v) is 6.62. The molecule has 124 valence electrons. The zero-order chi connectivity index (χ0) is 16.9. The number of rotatable bonds is 4. The Morgan fingerprint density at radius 1 is 1.50 bits per heavy atom. The van der Waals surface area contributed by atoms with Crippen molar-refractivity contribution in [1.29, 1.82) is 0 Å². The van der Waals surface area contributed by atoms with E-state index in [0.717, 1.165) is 4.68 Å². The van der Waals surface area contributed by atoms with E-state index < -0.39 is 60.4 Å². The zero-order valence-corrected chi connectivity index (χ0v) is 12.0. The second-order valence-electron chi connectivity index (χ2n) is 4.11. The average Bonchev–Trinajstić information content (AvgIpc) is 2.86. The Labute approximate surface area is 126 Å². The molecule has 11 heteroatoms. The van der Waals surface area contributed by atoms with Crippen LogP contribution in [0.15, 0.2) is 0 Å². The van der Waals surface area contributed by atoms with Gasteiger partial charge in [0.25, 0.3) is 24.8 Å². The smallest absolute Gasteiger partial charge is 0.307 e. The molecule has 2 rings (SSSR count). The van der Waals surface area contributed by atoms with Gasteiger partial charge in [0.05, 0.1) is 5.56 Å². The van der Waals surface area contributed by atoms with Gasteiger partial charge in [0.2, 0.25) is 0 Å². The van der Waals surface area contributed by atoms with E-state index >= 15 is 0 Å². The normalized spacial score (nSPS) is 15.9. The van der Waals surface area contributed by atoms with Gasteiger partial charge in [-0.2, -0.15) is 13.9 Å². The summed E-state index contributed by atoms with van der Waals surface area (Å²) in [6.45, 7) is 1.56. The molecule has 0 radical (unpaired) electrons. The van der Waals surface area contributed by atoms with E-state index in [0.29, 0.717) is 0 Å². The number of ketones is 1. The summed E-state index contributed by atoms with van der Waals surface area (Å²) >= 11 is -0.466. The number of hydrogen-bond acceptors (Lipinski definition) is 5. The van der Waals surface area contributed by atoms with Gasteiger partial charge in [-0.15, -0.1) is 3.89 Å². The maximum atomic E-state index is 13.6. The molecule has 0 bridgehead atoms. The van der Waals surface area contributed by atoms with Crippen molar-refractivity contribution in [2.75, 3.05) is 0 Å². The summed E-state index contributed by atoms with van der Waals surface area (Å²) in [4.78, 5) is 20.4. The Morgan fingerprint density at radius 3 is 2.55 bits per heavy atom. The predicted molar refractivity (Wildman–Crippen MR) is 66.2 cm³/mol. The van der Waals surface area contributed by atoms with Crippen LogP contribution >= 0.6 is 12.4 Å². The molecule has 0 aliphatic heterocycles. The fraction of sp³-hybridized carbons (Fsp3) is 0.545. The van der Waals surface area contributed by atoms with Crippen LogP contribution < -0.4 is 0 Å². The molecule has 1 aliphatic rings. The highest BCUT2D eigenvalue weighted by Crippen LogP contribution is 2.42. The monoisotopic (exact) mass is 346 g/mol. The second-order valence-corrected chi connectivity index (χ2v) is 4.43. The summed E-state index contributed by atoms with van der Waals surface area (Å²) in [7, 11) is 0. The van der Waals surface area contributed by atoms with E-state index in [1.165, 1.54) is 6.92 Å². The van der Waals surface area contributed by atoms with Gasteiger partial charge in [0.15, 0.2) is 5.78 Å². The van der Waals surface area contributed by atoms with Crippen LogP contribution in [-0.4, -0.2) is 22.0 Å². The molecule has 0 fully saturated rings. The van der Waals surface area contributed by atoms with E-state index in [1.807, 2.05) is 0 Å². The SMILES string of the molecule is CCn1nc(C(F)F)c2c1C(F)(F)CCC2=O.O=COSF. The number of carbonyl (C=O) groups is 2. The van der Waals surface area contributed by atoms with E-state index in [-0.39, 0.29) is 13.0 Å². The van der Waals surface area contributed by atoms with Crippen molar-refractivity contribution < 1.29 is 35.2 Å². The predicted octanol–water partition coefficient (Wildman–Crippen LogP) is 3.60. The Morgan fingerprint density at radius 2 is 2.14 bits per heavy atom. The molecule has 0 saturated carbocycles. The minimum Gasteiger partial charge on any atom is -0.363 e. The van der Waals surface area contributed by atoms with Crippen LogP contribution in [0.2, 0.25) is 0 Å². The summed E-state index contributed by atoms with van der Waals surface area (Å²) in [5, 5.41) is 3.42. The fourth-order valence-electron chi connectivity index (χ4n) is 2.04. The molecule has 0 aromatic carbocycles. The largest absolute Gasteiger partial charge is 0.363 e. The minimum absolute atomic E-state index is 0.0185. The Balaban J connectivity index is 0.000000422. The number of aryl methyl sites for hydroxylation is 1. The van der Waals surface area contributed by atoms with Gasteiger partial charge in [0.1, 0.15) is 11.4 Å². The number of Topliss-reactive ketones (excluding diaryl/α,β-unsaturated/α-hetero) is 1. The van der Waals surface area contributed by atoms with Crippen LogP contribution in [0, 0.1) is 0 Å². The highest BCUT2D eigenvalue weighted by Gasteiger charge is 2.46. The van der Waals surface area contributed by atoms with E-state index in [2.05, 4.69) is 9.28 Å². The molecule has 0 atom stereocenters. The van der Waals surface area contributed by atoms with Crippen LogP contribution in [-0.2, 0) is 21.4 Å². The van der Waals surface area contributed by atoms with Crippen molar-refractivity contribution in [3.05, 3.63) is 17.0 Å². The number of aromatic nitrogens is 2. The van der Waals surface area contributed by atoms with Crippen LogP contribution in [0.25, 0.3) is 0 Å². The second kappa shape index (κ2) is 7.56. The lowest BCUT2D eigenvalue weighted by molar-refractivity contribution is -0.119. The van der Waals surface area contributed by atoms with Crippen LogP contribution in [0.4, 0.5) is 21.4 Å². The highest BCUT2D eigenvalue weighted by atomic mass is 32.2. The Kier molecular flexibility index (Phi) is 6.33. The number of fused-ring (bicyclic) bond motifs is 1. The zero-order valence-electron chi connectivity index (χ0n) is 11.2. The summed E-state index contributed by atoms with van der Waals surface area (Å²) in [6.07, 6.45) is -4.09. The number of carbonyl (C=O) groups excluding carboxylic acids is 2. The third kappa shape index (κ3) is 3.76. The Bertz CT molecular complexity index is 550. The van der Waals surface area contributed by atoms with Gasteiger partial charge in [-0.1, -0.05) is 0 Å². The highest BCUT2D eigenvalue weighted by molar-refractivity contribution is 7.89. The standard InChI is InChI=1S/C10H10F4N2O.CHFO2S/c1-2-16-8-6(7(15-16)9(11)12)5(17)3-4-10(8,13)14;2-5-4-1-3/h9H,2-4H2,1H3;1H. The van der Waals surface area contributed by atoms with Crippen LogP contribution in [0.3, 0.4) is 0 Å². The summed E-state index contributed by atoms with van der Waals surface area (Å²) in [6, 6.07) is 0. The number of hydrogen-bond donors (Lipinski definition) is 0. The maximum Gasteiger partial charge on any atom is 0.307 e. The first-order chi connectivity index (χ1) is 10.3. The quantitative estimate of drug-likeness (QED) is 0.474. The van der Waals surface area contributed by atoms with Crippen LogP contribution in [0.5, 0.6) is 0 Å². The van der Waals surface area contributed by atoms with Gasteiger partial charge in [-0.3, -0.25) is 14.3 Å². The van der Waals surface area contributed by atoms with Crippen molar-refractivity contribution in [2.24, 2.45) is 0 Å². The number of nitrogens with zero attached hydrogens (tertiary/aromatic N) is 2. The number of alkyl halides is 4. The van der Waals surface area contributed by atoms with Crippen molar-refractivity contribution in [2.45, 2.75) is 38.7 Å². The number of halogens is 5. The molecular weight excluding hydrogens is 335 g/mol. The van der Waals surface area contributed by atoms with E-state index in [1.54, 1.807) is 0 Å². The van der Waals surface area contributed by atoms with Crippen molar-refractivity contribution in [3.8, 4) is 0 Å². The average molecular weight is 346 g/mol. The molecule has 0 saturated heterocycles. The molecule has 5 nitrogen and oxygen atoms in total. The lowest BCUT2D eigenvalue weighted by atomic mass is 9.91. The molecular formula is C11H11F5N2O3S. The van der Waals surface area contributed by atoms with Crippen LogP contribution in [0.1, 0.15) is 47.9 Å². The lowest BCUT2D eigenvalue weighted by Gasteiger charge is -2.22. The molecule has 1 heterocycles. The van der Waals surface area contributed by atoms with Crippen molar-refractivity contribution in [1.82, 2.24) is 9.78 Å². The first-order valence-electron chi connectivity index (χ1n) is 5.98. The van der Waals surface area contributed by atoms with Crippen molar-refractivity contribution >= 4 is 24.7 Å². The lowest BCUT2D eigenvalue weighted by Crippen LogP contribution is -2.27. The summed E-state index contributed by atoms with van der Waals surface area (Å²) in [5.74, 6) is -3.94. The van der Waals surface area contributed by atoms with Crippen molar-refractivity contribution in [3.63, 3.8) is 0 Å². The molecule has 1 aromatic rings. The molecule has 0 spiro atoms. The van der Waals surface area contributed by atoms with Gasteiger partial charge in [-0.25, -0.2) is 8.78 Å². The topological polar surface area (TPSA) is 61.2 Å². The van der Waals surface area contributed by atoms with Gasteiger partial charge < -0.3 is 4.18 Å². The van der Waals surface area contributed by atoms with Gasteiger partial charge in [-0.05, 0) is 6.92 Å². The van der Waals surface area contributed by atoms with E-state index in [4.69, 9.17) is 4.79 Å². The Hall–Kier alpha value is -1.65. The van der Waals surface area contributed by atoms with E-state index in [9.17, 15) is 26.2 Å². The third-order valence-corrected chi connectivity index (χ3v) is 3.00. The summed E-state index contributed by atoms with van der Waals surface area (Å²) in [5.41, 5.74) is -2.07. The summed E-state index contributed by atoms with van der Waals surface area (Å²) < 4.78 is 67.2.